The van der Waals surface area contributed by atoms with E-state index in [0.717, 1.165) is 5.56 Å². The maximum absolute atomic E-state index is 14.7. The zero-order chi connectivity index (χ0) is 25.5. The summed E-state index contributed by atoms with van der Waals surface area (Å²) < 4.78 is 40.3. The smallest absolute Gasteiger partial charge is 0.259 e. The molecule has 8 heteroatoms. The minimum Gasteiger partial charge on any atom is -0.471 e. The second-order valence-electron chi connectivity index (χ2n) is 7.87. The number of ether oxygens (including phenoxy) is 2. The van der Waals surface area contributed by atoms with E-state index >= 15 is 0 Å². The second kappa shape index (κ2) is 11.1. The van der Waals surface area contributed by atoms with Crippen LogP contribution in [0.25, 0.3) is 0 Å². The van der Waals surface area contributed by atoms with Crippen LogP contribution in [-0.4, -0.2) is 10.9 Å². The van der Waals surface area contributed by atoms with Gasteiger partial charge in [0.15, 0.2) is 11.6 Å². The van der Waals surface area contributed by atoms with Crippen LogP contribution >= 0.6 is 0 Å². The number of nitrogens with one attached hydrogen (secondary N) is 1. The standard InChI is InChI=1S/C28H21F2N3O3/c1-18-24(29)27(33-28(25(18)30)36-23-12-6-9-20(14-23)15-31)35-17-21-10-5-11-22(13-21)26(34)32-16-19-7-3-2-4-8-19/h2-14H,16-17H2,1H3,(H,32,34). The van der Waals surface area contributed by atoms with Gasteiger partial charge < -0.3 is 14.8 Å². The molecule has 0 radical (unpaired) electrons. The number of amides is 1. The summed E-state index contributed by atoms with van der Waals surface area (Å²) in [5.74, 6) is -2.95. The van der Waals surface area contributed by atoms with Crippen LogP contribution in [0.5, 0.6) is 17.5 Å². The van der Waals surface area contributed by atoms with E-state index in [1.807, 2.05) is 36.4 Å². The fraction of sp³-hybridized carbons (Fsp3) is 0.107. The van der Waals surface area contributed by atoms with Crippen molar-refractivity contribution in [3.05, 3.63) is 118 Å². The Morgan fingerprint density at radius 3 is 2.44 bits per heavy atom. The number of aromatic nitrogens is 1. The Morgan fingerprint density at radius 1 is 0.944 bits per heavy atom. The number of nitrogens with zero attached hydrogens (tertiary/aromatic N) is 2. The van der Waals surface area contributed by atoms with E-state index in [-0.39, 0.29) is 23.8 Å². The van der Waals surface area contributed by atoms with E-state index in [2.05, 4.69) is 10.3 Å². The molecule has 0 spiro atoms. The van der Waals surface area contributed by atoms with Crippen molar-refractivity contribution in [2.45, 2.75) is 20.1 Å². The van der Waals surface area contributed by atoms with Crippen molar-refractivity contribution in [2.75, 3.05) is 0 Å². The fourth-order valence-corrected chi connectivity index (χ4v) is 3.35. The summed E-state index contributed by atoms with van der Waals surface area (Å²) in [4.78, 5) is 16.4. The lowest BCUT2D eigenvalue weighted by Crippen LogP contribution is -2.22. The van der Waals surface area contributed by atoms with Crippen molar-refractivity contribution >= 4 is 5.91 Å². The largest absolute Gasteiger partial charge is 0.471 e. The molecular weight excluding hydrogens is 464 g/mol. The molecule has 0 saturated carbocycles. The van der Waals surface area contributed by atoms with Gasteiger partial charge in [-0.15, -0.1) is 0 Å². The highest BCUT2D eigenvalue weighted by atomic mass is 19.1. The molecule has 4 rings (SSSR count). The topological polar surface area (TPSA) is 84.2 Å². The van der Waals surface area contributed by atoms with Crippen molar-refractivity contribution in [1.29, 1.82) is 5.26 Å². The summed E-state index contributed by atoms with van der Waals surface area (Å²) in [5.41, 5.74) is 1.97. The van der Waals surface area contributed by atoms with Crippen molar-refractivity contribution in [2.24, 2.45) is 0 Å². The van der Waals surface area contributed by atoms with Gasteiger partial charge >= 0.3 is 0 Å². The molecule has 1 heterocycles. The first kappa shape index (κ1) is 24.4. The van der Waals surface area contributed by atoms with E-state index in [4.69, 9.17) is 14.7 Å². The van der Waals surface area contributed by atoms with Crippen LogP contribution in [0.3, 0.4) is 0 Å². The van der Waals surface area contributed by atoms with Gasteiger partial charge in [-0.3, -0.25) is 4.79 Å². The molecule has 0 unspecified atom stereocenters. The first-order chi connectivity index (χ1) is 17.4. The molecule has 180 valence electrons. The first-order valence-electron chi connectivity index (χ1n) is 11.0. The summed E-state index contributed by atoms with van der Waals surface area (Å²) in [6, 6.07) is 24.2. The third-order valence-electron chi connectivity index (χ3n) is 5.28. The summed E-state index contributed by atoms with van der Waals surface area (Å²) in [5, 5.41) is 11.9. The number of hydrogen-bond donors (Lipinski definition) is 1. The van der Waals surface area contributed by atoms with Gasteiger partial charge in [-0.05, 0) is 48.4 Å². The molecule has 4 aromatic rings. The molecule has 0 atom stereocenters. The predicted molar refractivity (Wildman–Crippen MR) is 129 cm³/mol. The van der Waals surface area contributed by atoms with Crippen molar-refractivity contribution in [1.82, 2.24) is 10.3 Å². The zero-order valence-corrected chi connectivity index (χ0v) is 19.3. The molecule has 6 nitrogen and oxygen atoms in total. The zero-order valence-electron chi connectivity index (χ0n) is 19.3. The normalized spacial score (nSPS) is 10.4. The number of pyridine rings is 1. The van der Waals surface area contributed by atoms with Gasteiger partial charge in [-0.2, -0.15) is 10.2 Å². The van der Waals surface area contributed by atoms with E-state index in [1.54, 1.807) is 36.4 Å². The Labute approximate surface area is 206 Å². The summed E-state index contributed by atoms with van der Waals surface area (Å²) >= 11 is 0. The van der Waals surface area contributed by atoms with Crippen LogP contribution in [-0.2, 0) is 13.2 Å². The second-order valence-corrected chi connectivity index (χ2v) is 7.87. The Hall–Kier alpha value is -4.77. The number of benzene rings is 3. The minimum atomic E-state index is -0.973. The van der Waals surface area contributed by atoms with E-state index < -0.39 is 23.4 Å². The number of rotatable bonds is 8. The average molecular weight is 485 g/mol. The Morgan fingerprint density at radius 2 is 1.67 bits per heavy atom. The molecule has 1 aromatic heterocycles. The van der Waals surface area contributed by atoms with E-state index in [9.17, 15) is 13.6 Å². The summed E-state index contributed by atoms with van der Waals surface area (Å²) in [6.07, 6.45) is 0. The summed E-state index contributed by atoms with van der Waals surface area (Å²) in [7, 11) is 0. The number of nitriles is 1. The third kappa shape index (κ3) is 5.83. The van der Waals surface area contributed by atoms with Crippen molar-refractivity contribution in [3.63, 3.8) is 0 Å². The van der Waals surface area contributed by atoms with Crippen LogP contribution in [0, 0.1) is 29.9 Å². The van der Waals surface area contributed by atoms with Gasteiger partial charge in [-0.25, -0.2) is 8.78 Å². The molecule has 0 bridgehead atoms. The molecular formula is C28H21F2N3O3. The van der Waals surface area contributed by atoms with Crippen molar-refractivity contribution in [3.8, 4) is 23.6 Å². The Balaban J connectivity index is 1.47. The van der Waals surface area contributed by atoms with Gasteiger partial charge in [-0.1, -0.05) is 48.5 Å². The van der Waals surface area contributed by atoms with Crippen LogP contribution in [0.4, 0.5) is 8.78 Å². The quantitative estimate of drug-likeness (QED) is 0.339. The third-order valence-corrected chi connectivity index (χ3v) is 5.28. The molecule has 0 saturated heterocycles. The molecule has 0 fully saturated rings. The minimum absolute atomic E-state index is 0.113. The molecule has 36 heavy (non-hydrogen) atoms. The van der Waals surface area contributed by atoms with Gasteiger partial charge in [0, 0.05) is 17.7 Å². The fourth-order valence-electron chi connectivity index (χ4n) is 3.35. The SMILES string of the molecule is Cc1c(F)c(OCc2cccc(C(=O)NCc3ccccc3)c2)nc(Oc2cccc(C#N)c2)c1F. The van der Waals surface area contributed by atoms with E-state index in [1.165, 1.54) is 19.1 Å². The molecule has 0 aliphatic rings. The van der Waals surface area contributed by atoms with Gasteiger partial charge in [0.05, 0.1) is 11.6 Å². The maximum Gasteiger partial charge on any atom is 0.259 e. The Bertz CT molecular complexity index is 1440. The lowest BCUT2D eigenvalue weighted by molar-refractivity contribution is 0.0950. The number of carbonyl (C=O) groups is 1. The van der Waals surface area contributed by atoms with Crippen LogP contribution in [0.2, 0.25) is 0 Å². The van der Waals surface area contributed by atoms with Crippen LogP contribution in [0.15, 0.2) is 78.9 Å². The maximum atomic E-state index is 14.7. The van der Waals surface area contributed by atoms with Crippen LogP contribution in [0.1, 0.15) is 32.6 Å². The van der Waals surface area contributed by atoms with Crippen molar-refractivity contribution < 1.29 is 23.0 Å². The van der Waals surface area contributed by atoms with Gasteiger partial charge in [0.2, 0.25) is 0 Å². The first-order valence-corrected chi connectivity index (χ1v) is 11.0. The summed E-state index contributed by atoms with van der Waals surface area (Å²) in [6.45, 7) is 1.51. The number of halogens is 2. The monoisotopic (exact) mass is 485 g/mol. The van der Waals surface area contributed by atoms with Gasteiger partial charge in [0.25, 0.3) is 17.7 Å². The number of carbonyl (C=O) groups excluding carboxylic acids is 1. The van der Waals surface area contributed by atoms with Gasteiger partial charge in [0.1, 0.15) is 12.4 Å². The van der Waals surface area contributed by atoms with Crippen LogP contribution < -0.4 is 14.8 Å². The highest BCUT2D eigenvalue weighted by molar-refractivity contribution is 5.94. The highest BCUT2D eigenvalue weighted by Crippen LogP contribution is 2.31. The molecule has 1 N–H and O–H groups in total. The molecule has 1 amide bonds. The molecule has 0 aliphatic carbocycles. The molecule has 0 aliphatic heterocycles. The lowest BCUT2D eigenvalue weighted by Gasteiger charge is -2.13. The number of hydrogen-bond acceptors (Lipinski definition) is 5. The van der Waals surface area contributed by atoms with E-state index in [0.29, 0.717) is 23.2 Å². The molecule has 3 aromatic carbocycles. The highest BCUT2D eigenvalue weighted by Gasteiger charge is 2.20. The average Bonchev–Trinajstić information content (AvgIpc) is 2.92. The lowest BCUT2D eigenvalue weighted by atomic mass is 10.1. The Kier molecular flexibility index (Phi) is 7.51. The predicted octanol–water partition coefficient (Wildman–Crippen LogP) is 5.84.